The quantitative estimate of drug-likeness (QED) is 0.284. The van der Waals surface area contributed by atoms with Crippen LogP contribution < -0.4 is 4.74 Å². The van der Waals surface area contributed by atoms with E-state index in [1.54, 1.807) is 24.4 Å². The van der Waals surface area contributed by atoms with Gasteiger partial charge in [0, 0.05) is 44.3 Å². The Hall–Kier alpha value is -2.94. The van der Waals surface area contributed by atoms with Crippen molar-refractivity contribution >= 4 is 46.6 Å². The number of carbonyl (C=O) groups is 2. The van der Waals surface area contributed by atoms with Crippen molar-refractivity contribution in [3.8, 4) is 11.6 Å². The molecule has 0 bridgehead atoms. The first-order valence-corrected chi connectivity index (χ1v) is 14.9. The monoisotopic (exact) mass is 617 g/mol. The Labute approximate surface area is 256 Å². The number of nitrogens with zero attached hydrogens (tertiary/aromatic N) is 5. The topological polar surface area (TPSA) is 88.5 Å². The minimum absolute atomic E-state index is 0.0115. The lowest BCUT2D eigenvalue weighted by atomic mass is 10.00. The van der Waals surface area contributed by atoms with E-state index in [0.717, 1.165) is 44.7 Å². The molecule has 0 radical (unpaired) electrons. The summed E-state index contributed by atoms with van der Waals surface area (Å²) in [6.07, 6.45) is 9.06. The highest BCUT2D eigenvalue weighted by Gasteiger charge is 2.24. The van der Waals surface area contributed by atoms with E-state index < -0.39 is 0 Å². The number of carbonyl (C=O) groups excluding carboxylic acids is 2. The number of piperidine rings is 2. The normalized spacial score (nSPS) is 18.8. The summed E-state index contributed by atoms with van der Waals surface area (Å²) in [5.74, 6) is 1.87. The lowest BCUT2D eigenvalue weighted by Gasteiger charge is -2.31. The molecule has 0 saturated carbocycles. The molecule has 0 aliphatic carbocycles. The van der Waals surface area contributed by atoms with Crippen molar-refractivity contribution in [1.29, 1.82) is 0 Å². The first-order chi connectivity index (χ1) is 19.6. The van der Waals surface area contributed by atoms with Crippen LogP contribution in [0, 0.1) is 18.8 Å². The van der Waals surface area contributed by atoms with Gasteiger partial charge in [-0.15, -0.1) is 0 Å². The molecule has 0 spiro atoms. The third-order valence-electron chi connectivity index (χ3n) is 7.08. The maximum Gasteiger partial charge on any atom is 0.255 e. The van der Waals surface area contributed by atoms with Gasteiger partial charge < -0.3 is 14.5 Å². The fourth-order valence-electron chi connectivity index (χ4n) is 4.89. The minimum atomic E-state index is -0.0282. The molecule has 41 heavy (non-hydrogen) atoms. The van der Waals surface area contributed by atoms with Crippen molar-refractivity contribution in [3.05, 3.63) is 74.9 Å². The molecular formula is C30H34Cl3N5O3. The number of rotatable bonds is 4. The van der Waals surface area contributed by atoms with Crippen molar-refractivity contribution < 1.29 is 14.3 Å². The summed E-state index contributed by atoms with van der Waals surface area (Å²) in [7, 11) is 0. The van der Waals surface area contributed by atoms with Gasteiger partial charge in [0.05, 0.1) is 22.3 Å². The van der Waals surface area contributed by atoms with Gasteiger partial charge in [-0.1, -0.05) is 48.7 Å². The van der Waals surface area contributed by atoms with Crippen molar-refractivity contribution in [2.24, 2.45) is 11.8 Å². The van der Waals surface area contributed by atoms with E-state index in [0.29, 0.717) is 38.8 Å². The molecule has 0 N–H and O–H groups in total. The van der Waals surface area contributed by atoms with Gasteiger partial charge in [-0.2, -0.15) is 0 Å². The number of hydrogen-bond donors (Lipinski definition) is 0. The van der Waals surface area contributed by atoms with E-state index in [1.165, 1.54) is 25.2 Å². The molecule has 2 atom stereocenters. The van der Waals surface area contributed by atoms with Gasteiger partial charge in [0.2, 0.25) is 5.88 Å². The first-order valence-electron chi connectivity index (χ1n) is 13.8. The predicted octanol–water partition coefficient (Wildman–Crippen LogP) is 7.36. The van der Waals surface area contributed by atoms with E-state index in [-0.39, 0.29) is 22.8 Å². The molecule has 11 heteroatoms. The molecule has 0 aromatic carbocycles. The minimum Gasteiger partial charge on any atom is -0.436 e. The predicted molar refractivity (Wildman–Crippen MR) is 161 cm³/mol. The summed E-state index contributed by atoms with van der Waals surface area (Å²) < 4.78 is 5.63. The molecule has 3 aromatic rings. The van der Waals surface area contributed by atoms with Crippen LogP contribution in [0.5, 0.6) is 11.6 Å². The van der Waals surface area contributed by atoms with Gasteiger partial charge in [-0.3, -0.25) is 14.6 Å². The number of pyridine rings is 3. The van der Waals surface area contributed by atoms with Crippen molar-refractivity contribution in [2.45, 2.75) is 46.5 Å². The second kappa shape index (κ2) is 14.3. The lowest BCUT2D eigenvalue weighted by Crippen LogP contribution is -2.39. The molecule has 5 heterocycles. The van der Waals surface area contributed by atoms with Crippen LogP contribution in [0.4, 0.5) is 0 Å². The highest BCUT2D eigenvalue weighted by molar-refractivity contribution is 6.41. The fourth-order valence-corrected chi connectivity index (χ4v) is 5.37. The summed E-state index contributed by atoms with van der Waals surface area (Å²) in [4.78, 5) is 40.8. The number of ether oxygens (including phenoxy) is 1. The Morgan fingerprint density at radius 2 is 1.37 bits per heavy atom. The standard InChI is InChI=1S/C18H20ClN3O2.C12H14Cl2N2O/c1-12-4-3-7-22(11-12)18(23)14-8-16(19)17(21-9-14)24-15-6-5-13(2)20-10-15;1-8-3-2-4-16(7-8)12(17)9-5-10(13)11(14)15-6-9/h5-6,8-10,12H,3-4,7,11H2,1-2H3;5-6,8H,2-4,7H2,1H3. The Kier molecular flexibility index (Phi) is 10.8. The van der Waals surface area contributed by atoms with Crippen molar-refractivity contribution in [3.63, 3.8) is 0 Å². The number of halogens is 3. The van der Waals surface area contributed by atoms with E-state index in [9.17, 15) is 9.59 Å². The average Bonchev–Trinajstić information content (AvgIpc) is 2.96. The molecular weight excluding hydrogens is 585 g/mol. The highest BCUT2D eigenvalue weighted by Crippen LogP contribution is 2.28. The summed E-state index contributed by atoms with van der Waals surface area (Å²) in [6, 6.07) is 6.85. The molecule has 2 saturated heterocycles. The molecule has 218 valence electrons. The van der Waals surface area contributed by atoms with Gasteiger partial charge in [0.1, 0.15) is 15.9 Å². The number of hydrogen-bond acceptors (Lipinski definition) is 6. The van der Waals surface area contributed by atoms with E-state index in [1.807, 2.05) is 22.8 Å². The van der Waals surface area contributed by atoms with Crippen LogP contribution in [0.25, 0.3) is 0 Å². The van der Waals surface area contributed by atoms with Crippen molar-refractivity contribution in [2.75, 3.05) is 26.2 Å². The van der Waals surface area contributed by atoms with Crippen LogP contribution in [0.15, 0.2) is 42.9 Å². The molecule has 3 aromatic heterocycles. The second-order valence-electron chi connectivity index (χ2n) is 10.7. The van der Waals surface area contributed by atoms with E-state index in [2.05, 4.69) is 28.8 Å². The summed E-state index contributed by atoms with van der Waals surface area (Å²) in [5.41, 5.74) is 1.90. The largest absolute Gasteiger partial charge is 0.436 e. The summed E-state index contributed by atoms with van der Waals surface area (Å²) >= 11 is 17.8. The molecule has 8 nitrogen and oxygen atoms in total. The van der Waals surface area contributed by atoms with Crippen molar-refractivity contribution in [1.82, 2.24) is 24.8 Å². The average molecular weight is 619 g/mol. The zero-order chi connectivity index (χ0) is 29.5. The maximum absolute atomic E-state index is 12.6. The number of aromatic nitrogens is 3. The third kappa shape index (κ3) is 8.53. The zero-order valence-corrected chi connectivity index (χ0v) is 25.7. The van der Waals surface area contributed by atoms with Crippen LogP contribution in [0.3, 0.4) is 0 Å². The summed E-state index contributed by atoms with van der Waals surface area (Å²) in [6.45, 7) is 9.40. The zero-order valence-electron chi connectivity index (χ0n) is 23.4. The Bertz CT molecular complexity index is 1370. The third-order valence-corrected chi connectivity index (χ3v) is 8.04. The highest BCUT2D eigenvalue weighted by atomic mass is 35.5. The Morgan fingerprint density at radius 1 is 0.805 bits per heavy atom. The molecule has 5 rings (SSSR count). The van der Waals surface area contributed by atoms with Gasteiger partial charge in [-0.05, 0) is 68.7 Å². The van der Waals surface area contributed by atoms with Crippen LogP contribution in [0.1, 0.15) is 65.9 Å². The lowest BCUT2D eigenvalue weighted by molar-refractivity contribution is 0.0676. The van der Waals surface area contributed by atoms with Crippen LogP contribution in [-0.2, 0) is 0 Å². The molecule has 2 unspecified atom stereocenters. The second-order valence-corrected chi connectivity index (χ2v) is 11.9. The first kappa shape index (κ1) is 31.0. The molecule has 2 aliphatic heterocycles. The Morgan fingerprint density at radius 3 is 1.85 bits per heavy atom. The maximum atomic E-state index is 12.6. The summed E-state index contributed by atoms with van der Waals surface area (Å²) in [5, 5.41) is 0.865. The molecule has 2 aliphatic rings. The van der Waals surface area contributed by atoms with Crippen LogP contribution in [0.2, 0.25) is 15.2 Å². The molecule has 2 fully saturated rings. The van der Waals surface area contributed by atoms with Gasteiger partial charge in [-0.25, -0.2) is 9.97 Å². The SMILES string of the molecule is CC1CCCN(C(=O)c2cnc(Cl)c(Cl)c2)C1.Cc1ccc(Oc2ncc(C(=O)N3CCCC(C)C3)cc2Cl)cn1. The Balaban J connectivity index is 0.000000201. The van der Waals surface area contributed by atoms with Crippen LogP contribution in [-0.4, -0.2) is 62.7 Å². The fraction of sp³-hybridized carbons (Fsp3) is 0.433. The van der Waals surface area contributed by atoms with Gasteiger partial charge in [0.25, 0.3) is 11.8 Å². The van der Waals surface area contributed by atoms with Gasteiger partial charge in [0.15, 0.2) is 0 Å². The number of aryl methyl sites for hydroxylation is 1. The number of likely N-dealkylation sites (tertiary alicyclic amines) is 2. The smallest absolute Gasteiger partial charge is 0.255 e. The van der Waals surface area contributed by atoms with Crippen LogP contribution >= 0.6 is 34.8 Å². The molecule has 2 amide bonds. The van der Waals surface area contributed by atoms with E-state index >= 15 is 0 Å². The van der Waals surface area contributed by atoms with E-state index in [4.69, 9.17) is 39.5 Å². The number of amides is 2. The van der Waals surface area contributed by atoms with Gasteiger partial charge >= 0.3 is 0 Å².